The second-order valence-electron chi connectivity index (χ2n) is 6.75. The highest BCUT2D eigenvalue weighted by Gasteiger charge is 2.24. The second-order valence-corrected chi connectivity index (χ2v) is 8.07. The fourth-order valence-corrected chi connectivity index (χ4v) is 4.18. The van der Waals surface area contributed by atoms with Gasteiger partial charge >= 0.3 is 0 Å². The molecule has 0 aliphatic carbocycles. The van der Waals surface area contributed by atoms with Gasteiger partial charge in [-0.1, -0.05) is 30.3 Å². The summed E-state index contributed by atoms with van der Waals surface area (Å²) in [6, 6.07) is 11.3. The van der Waals surface area contributed by atoms with Crippen LogP contribution in [0.3, 0.4) is 0 Å². The number of thiazole rings is 1. The van der Waals surface area contributed by atoms with Crippen LogP contribution in [-0.4, -0.2) is 48.6 Å². The van der Waals surface area contributed by atoms with Gasteiger partial charge in [-0.05, 0) is 31.9 Å². The van der Waals surface area contributed by atoms with Crippen LogP contribution in [0.4, 0.5) is 0 Å². The molecular formula is C20H30IN5S. The maximum absolute atomic E-state index is 4.41. The van der Waals surface area contributed by atoms with Crippen molar-refractivity contribution in [1.29, 1.82) is 0 Å². The van der Waals surface area contributed by atoms with Gasteiger partial charge in [0.1, 0.15) is 0 Å². The van der Waals surface area contributed by atoms with Gasteiger partial charge in [0.2, 0.25) is 0 Å². The summed E-state index contributed by atoms with van der Waals surface area (Å²) in [4.78, 5) is 12.6. The SMILES string of the molecule is CN=C(NCCc1ncc(C)s1)NCC1CCCN1Cc1ccccc1.I. The van der Waals surface area contributed by atoms with Crippen molar-refractivity contribution in [3.63, 3.8) is 0 Å². The molecule has 2 heterocycles. The van der Waals surface area contributed by atoms with Crippen LogP contribution in [-0.2, 0) is 13.0 Å². The third-order valence-electron chi connectivity index (χ3n) is 4.76. The lowest BCUT2D eigenvalue weighted by molar-refractivity contribution is 0.245. The van der Waals surface area contributed by atoms with Crippen LogP contribution < -0.4 is 10.6 Å². The number of nitrogens with one attached hydrogen (secondary N) is 2. The Labute approximate surface area is 183 Å². The molecule has 1 aliphatic heterocycles. The Kier molecular flexibility index (Phi) is 9.50. The minimum absolute atomic E-state index is 0. The molecular weight excluding hydrogens is 469 g/mol. The van der Waals surface area contributed by atoms with E-state index in [9.17, 15) is 0 Å². The van der Waals surface area contributed by atoms with Crippen LogP contribution >= 0.6 is 35.3 Å². The zero-order valence-corrected chi connectivity index (χ0v) is 19.3. The van der Waals surface area contributed by atoms with Crippen molar-refractivity contribution in [2.45, 2.75) is 38.8 Å². The highest BCUT2D eigenvalue weighted by Crippen LogP contribution is 2.19. The summed E-state index contributed by atoms with van der Waals surface area (Å²) in [5.74, 6) is 0.879. The highest BCUT2D eigenvalue weighted by molar-refractivity contribution is 14.0. The smallest absolute Gasteiger partial charge is 0.191 e. The first-order valence-electron chi connectivity index (χ1n) is 9.38. The molecule has 0 bridgehead atoms. The van der Waals surface area contributed by atoms with Gasteiger partial charge in [-0.3, -0.25) is 9.89 Å². The normalized spacial score (nSPS) is 17.6. The topological polar surface area (TPSA) is 52.6 Å². The number of rotatable bonds is 7. The van der Waals surface area contributed by atoms with Crippen molar-refractivity contribution in [2.75, 3.05) is 26.7 Å². The van der Waals surface area contributed by atoms with E-state index in [1.807, 2.05) is 13.2 Å². The molecule has 1 aromatic carbocycles. The van der Waals surface area contributed by atoms with Crippen molar-refractivity contribution in [3.05, 3.63) is 52.0 Å². The van der Waals surface area contributed by atoms with Crippen molar-refractivity contribution in [3.8, 4) is 0 Å². The molecule has 1 unspecified atom stereocenters. The molecule has 1 atom stereocenters. The zero-order chi connectivity index (χ0) is 18.2. The summed E-state index contributed by atoms with van der Waals surface area (Å²) in [7, 11) is 1.83. The van der Waals surface area contributed by atoms with Crippen molar-refractivity contribution in [2.24, 2.45) is 4.99 Å². The Balaban J connectivity index is 0.00000261. The molecule has 2 aromatic rings. The third-order valence-corrected chi connectivity index (χ3v) is 5.73. The summed E-state index contributed by atoms with van der Waals surface area (Å²) in [5, 5.41) is 8.08. The molecule has 27 heavy (non-hydrogen) atoms. The molecule has 1 saturated heterocycles. The number of guanidine groups is 1. The molecule has 3 rings (SSSR count). The quantitative estimate of drug-likeness (QED) is 0.348. The molecule has 1 aromatic heterocycles. The number of aromatic nitrogens is 1. The fraction of sp³-hybridized carbons (Fsp3) is 0.500. The van der Waals surface area contributed by atoms with Gasteiger partial charge in [0.15, 0.2) is 5.96 Å². The van der Waals surface area contributed by atoms with E-state index in [0.717, 1.165) is 32.0 Å². The van der Waals surface area contributed by atoms with Crippen molar-refractivity contribution >= 4 is 41.3 Å². The number of hydrogen-bond acceptors (Lipinski definition) is 4. The average Bonchev–Trinajstić information content (AvgIpc) is 3.27. The Morgan fingerprint density at radius 1 is 1.30 bits per heavy atom. The number of aryl methyl sites for hydroxylation is 1. The lowest BCUT2D eigenvalue weighted by Gasteiger charge is -2.25. The van der Waals surface area contributed by atoms with Crippen molar-refractivity contribution in [1.82, 2.24) is 20.5 Å². The fourth-order valence-electron chi connectivity index (χ4n) is 3.39. The summed E-state index contributed by atoms with van der Waals surface area (Å²) in [6.45, 7) is 6.09. The minimum atomic E-state index is 0. The zero-order valence-electron chi connectivity index (χ0n) is 16.1. The molecule has 148 valence electrons. The van der Waals surface area contributed by atoms with Gasteiger partial charge in [-0.25, -0.2) is 4.98 Å². The average molecular weight is 499 g/mol. The summed E-state index contributed by atoms with van der Waals surface area (Å²) >= 11 is 1.76. The first-order chi connectivity index (χ1) is 12.7. The van der Waals surface area contributed by atoms with E-state index in [0.29, 0.717) is 6.04 Å². The molecule has 0 spiro atoms. The molecule has 1 aliphatic rings. The largest absolute Gasteiger partial charge is 0.356 e. The maximum atomic E-state index is 4.41. The van der Waals surface area contributed by atoms with E-state index >= 15 is 0 Å². The predicted molar refractivity (Wildman–Crippen MR) is 125 cm³/mol. The molecule has 0 radical (unpaired) electrons. The number of nitrogens with zero attached hydrogens (tertiary/aromatic N) is 3. The standard InChI is InChI=1S/C20H29N5S.HI/c1-16-13-23-19(26-16)10-11-22-20(21-2)24-14-18-9-6-12-25(18)15-17-7-4-3-5-8-17;/h3-5,7-8,13,18H,6,9-12,14-15H2,1-2H3,(H2,21,22,24);1H. The summed E-state index contributed by atoms with van der Waals surface area (Å²) in [5.41, 5.74) is 1.39. The molecule has 7 heteroatoms. The number of halogens is 1. The van der Waals surface area contributed by atoms with Crippen LogP contribution in [0.2, 0.25) is 0 Å². The van der Waals surface area contributed by atoms with E-state index in [1.165, 1.54) is 34.8 Å². The number of aliphatic imine (C=N–C) groups is 1. The molecule has 5 nitrogen and oxygen atoms in total. The van der Waals surface area contributed by atoms with E-state index in [-0.39, 0.29) is 24.0 Å². The van der Waals surface area contributed by atoms with Gasteiger partial charge in [0, 0.05) is 50.2 Å². The lowest BCUT2D eigenvalue weighted by Crippen LogP contribution is -2.45. The first-order valence-corrected chi connectivity index (χ1v) is 10.2. The Hall–Kier alpha value is -1.19. The molecule has 0 amide bonds. The number of hydrogen-bond donors (Lipinski definition) is 2. The van der Waals surface area contributed by atoms with E-state index < -0.39 is 0 Å². The second kappa shape index (κ2) is 11.6. The molecule has 2 N–H and O–H groups in total. The minimum Gasteiger partial charge on any atom is -0.356 e. The molecule has 0 saturated carbocycles. The Bertz CT molecular complexity index is 703. The Morgan fingerprint density at radius 3 is 2.81 bits per heavy atom. The van der Waals surface area contributed by atoms with Crippen molar-refractivity contribution < 1.29 is 0 Å². The lowest BCUT2D eigenvalue weighted by atomic mass is 10.2. The van der Waals surface area contributed by atoms with Crippen LogP contribution in [0.25, 0.3) is 0 Å². The van der Waals surface area contributed by atoms with Gasteiger partial charge in [0.05, 0.1) is 5.01 Å². The van der Waals surface area contributed by atoms with Gasteiger partial charge in [-0.15, -0.1) is 35.3 Å². The molecule has 1 fully saturated rings. The number of benzene rings is 1. The number of likely N-dealkylation sites (tertiary alicyclic amines) is 1. The van der Waals surface area contributed by atoms with Crippen LogP contribution in [0.15, 0.2) is 41.5 Å². The van der Waals surface area contributed by atoms with Gasteiger partial charge < -0.3 is 10.6 Å². The van der Waals surface area contributed by atoms with Gasteiger partial charge in [-0.2, -0.15) is 0 Å². The third kappa shape index (κ3) is 7.04. The van der Waals surface area contributed by atoms with E-state index in [2.05, 4.69) is 62.8 Å². The van der Waals surface area contributed by atoms with Gasteiger partial charge in [0.25, 0.3) is 0 Å². The maximum Gasteiger partial charge on any atom is 0.191 e. The predicted octanol–water partition coefficient (Wildman–Crippen LogP) is 3.44. The van der Waals surface area contributed by atoms with Crippen LogP contribution in [0.1, 0.15) is 28.3 Å². The van der Waals surface area contributed by atoms with Crippen LogP contribution in [0, 0.1) is 6.92 Å². The highest BCUT2D eigenvalue weighted by atomic mass is 127. The summed E-state index contributed by atoms with van der Waals surface area (Å²) in [6.07, 6.45) is 5.39. The Morgan fingerprint density at radius 2 is 2.11 bits per heavy atom. The monoisotopic (exact) mass is 499 g/mol. The summed E-state index contributed by atoms with van der Waals surface area (Å²) < 4.78 is 0. The van der Waals surface area contributed by atoms with E-state index in [4.69, 9.17) is 0 Å². The first kappa shape index (κ1) is 22.1. The van der Waals surface area contributed by atoms with E-state index in [1.54, 1.807) is 11.3 Å². The van der Waals surface area contributed by atoms with Crippen LogP contribution in [0.5, 0.6) is 0 Å².